The highest BCUT2D eigenvalue weighted by molar-refractivity contribution is 7.26. The molecule has 0 saturated carbocycles. The minimum atomic E-state index is -0.114. The molecule has 0 aliphatic heterocycles. The lowest BCUT2D eigenvalue weighted by Crippen LogP contribution is -2.37. The third-order valence-corrected chi connectivity index (χ3v) is 9.38. The van der Waals surface area contributed by atoms with Gasteiger partial charge in [-0.1, -0.05) is 66.7 Å². The molecule has 0 aliphatic carbocycles. The average Bonchev–Trinajstić information content (AvgIpc) is 3.47. The molecule has 7 rings (SSSR count). The van der Waals surface area contributed by atoms with E-state index in [2.05, 4.69) is 135 Å². The Labute approximate surface area is 225 Å². The highest BCUT2D eigenvalue weighted by Crippen LogP contribution is 2.45. The van der Waals surface area contributed by atoms with Crippen LogP contribution in [0.1, 0.15) is 20.8 Å². The smallest absolute Gasteiger partial charge is 0.0510 e. The number of fused-ring (bicyclic) bond motifs is 6. The van der Waals surface area contributed by atoms with E-state index >= 15 is 0 Å². The van der Waals surface area contributed by atoms with Crippen LogP contribution < -0.4 is 4.90 Å². The van der Waals surface area contributed by atoms with Gasteiger partial charge in [-0.2, -0.15) is 0 Å². The predicted molar refractivity (Wildman–Crippen MR) is 166 cm³/mol. The standard InChI is InChI=1S/C34H27NS2/c1-34(2,3)35(27-16-10-20-31-33(27)26-14-5-7-18-29(26)37-31)23-12-8-11-22(21-23)24-15-9-19-30-32(24)25-13-4-6-17-28(25)36-30/h4-21H,1-3H3. The van der Waals surface area contributed by atoms with Gasteiger partial charge in [-0.3, -0.25) is 0 Å². The molecule has 2 aromatic heterocycles. The summed E-state index contributed by atoms with van der Waals surface area (Å²) in [7, 11) is 0. The molecule has 0 amide bonds. The first kappa shape index (κ1) is 22.5. The predicted octanol–water partition coefficient (Wildman–Crippen LogP) is 11.0. The number of anilines is 2. The van der Waals surface area contributed by atoms with Crippen LogP contribution >= 0.6 is 22.7 Å². The molecule has 0 unspecified atom stereocenters. The van der Waals surface area contributed by atoms with Gasteiger partial charge in [0.25, 0.3) is 0 Å². The van der Waals surface area contributed by atoms with Crippen molar-refractivity contribution >= 4 is 74.4 Å². The maximum Gasteiger partial charge on any atom is 0.0510 e. The van der Waals surface area contributed by atoms with E-state index < -0.39 is 0 Å². The van der Waals surface area contributed by atoms with Crippen molar-refractivity contribution in [3.05, 3.63) is 109 Å². The van der Waals surface area contributed by atoms with Crippen LogP contribution in [0.25, 0.3) is 51.5 Å². The Balaban J connectivity index is 1.46. The fraction of sp³-hybridized carbons (Fsp3) is 0.118. The number of hydrogen-bond acceptors (Lipinski definition) is 3. The molecule has 5 aromatic carbocycles. The van der Waals surface area contributed by atoms with Crippen LogP contribution in [0.2, 0.25) is 0 Å². The van der Waals surface area contributed by atoms with Crippen molar-refractivity contribution in [1.82, 2.24) is 0 Å². The second kappa shape index (κ2) is 8.44. The van der Waals surface area contributed by atoms with Crippen molar-refractivity contribution in [3.8, 4) is 11.1 Å². The van der Waals surface area contributed by atoms with E-state index in [4.69, 9.17) is 0 Å². The van der Waals surface area contributed by atoms with Crippen LogP contribution in [0, 0.1) is 0 Å². The van der Waals surface area contributed by atoms with Crippen molar-refractivity contribution < 1.29 is 0 Å². The summed E-state index contributed by atoms with van der Waals surface area (Å²) in [5.74, 6) is 0. The zero-order valence-electron chi connectivity index (χ0n) is 21.2. The van der Waals surface area contributed by atoms with Gasteiger partial charge in [-0.05, 0) is 74.4 Å². The Morgan fingerprint density at radius 2 is 1.11 bits per heavy atom. The Kier molecular flexibility index (Phi) is 5.14. The first-order chi connectivity index (χ1) is 18.0. The summed E-state index contributed by atoms with van der Waals surface area (Å²) < 4.78 is 5.35. The topological polar surface area (TPSA) is 3.24 Å². The Bertz CT molecular complexity index is 1930. The lowest BCUT2D eigenvalue weighted by Gasteiger charge is -2.38. The van der Waals surface area contributed by atoms with E-state index in [-0.39, 0.29) is 5.54 Å². The molecule has 0 bridgehead atoms. The SMILES string of the molecule is CC(C)(C)N(c1cccc(-c2cccc3sc4ccccc4c23)c1)c1cccc2sc3ccccc3c12. The summed E-state index contributed by atoms with van der Waals surface area (Å²) in [6, 6.07) is 40.1. The minimum absolute atomic E-state index is 0.114. The fourth-order valence-corrected chi connectivity index (χ4v) is 7.92. The summed E-state index contributed by atoms with van der Waals surface area (Å²) in [6.45, 7) is 6.92. The summed E-state index contributed by atoms with van der Waals surface area (Å²) in [6.07, 6.45) is 0. The Morgan fingerprint density at radius 3 is 1.81 bits per heavy atom. The summed E-state index contributed by atoms with van der Waals surface area (Å²) >= 11 is 3.75. The van der Waals surface area contributed by atoms with Crippen LogP contribution in [0.15, 0.2) is 109 Å². The van der Waals surface area contributed by atoms with Crippen molar-refractivity contribution in [2.24, 2.45) is 0 Å². The van der Waals surface area contributed by atoms with Crippen LogP contribution in [-0.2, 0) is 0 Å². The molecular formula is C34H27NS2. The first-order valence-electron chi connectivity index (χ1n) is 12.7. The molecule has 7 aromatic rings. The molecule has 0 fully saturated rings. The van der Waals surface area contributed by atoms with Gasteiger partial charge < -0.3 is 4.90 Å². The second-order valence-electron chi connectivity index (χ2n) is 10.6. The summed E-state index contributed by atoms with van der Waals surface area (Å²) in [4.78, 5) is 2.52. The molecule has 0 atom stereocenters. The van der Waals surface area contributed by atoms with Gasteiger partial charge in [0.2, 0.25) is 0 Å². The van der Waals surface area contributed by atoms with Crippen molar-refractivity contribution in [2.75, 3.05) is 4.90 Å². The molecule has 0 spiro atoms. The third kappa shape index (κ3) is 3.65. The maximum absolute atomic E-state index is 2.52. The molecular weight excluding hydrogens is 487 g/mol. The molecule has 37 heavy (non-hydrogen) atoms. The quantitative estimate of drug-likeness (QED) is 0.227. The number of thiophene rings is 2. The summed E-state index contributed by atoms with van der Waals surface area (Å²) in [5, 5.41) is 5.37. The monoisotopic (exact) mass is 513 g/mol. The van der Waals surface area contributed by atoms with Gasteiger partial charge in [-0.25, -0.2) is 0 Å². The molecule has 0 radical (unpaired) electrons. The van der Waals surface area contributed by atoms with Gasteiger partial charge in [0.1, 0.15) is 0 Å². The lowest BCUT2D eigenvalue weighted by atomic mass is 9.96. The van der Waals surface area contributed by atoms with Gasteiger partial charge in [-0.15, -0.1) is 22.7 Å². The average molecular weight is 514 g/mol. The van der Waals surface area contributed by atoms with E-state index in [1.54, 1.807) is 0 Å². The third-order valence-electron chi connectivity index (χ3n) is 7.11. The van der Waals surface area contributed by atoms with Crippen LogP contribution in [0.4, 0.5) is 11.4 Å². The Morgan fingerprint density at radius 1 is 0.541 bits per heavy atom. The molecule has 180 valence electrons. The fourth-order valence-electron chi connectivity index (χ4n) is 5.66. The van der Waals surface area contributed by atoms with Crippen LogP contribution in [0.3, 0.4) is 0 Å². The van der Waals surface area contributed by atoms with Gasteiger partial charge in [0, 0.05) is 51.6 Å². The van der Waals surface area contributed by atoms with Gasteiger partial charge in [0.05, 0.1) is 5.69 Å². The van der Waals surface area contributed by atoms with E-state index in [0.717, 1.165) is 0 Å². The first-order valence-corrected chi connectivity index (χ1v) is 14.3. The van der Waals surface area contributed by atoms with Crippen LogP contribution in [0.5, 0.6) is 0 Å². The zero-order valence-corrected chi connectivity index (χ0v) is 22.8. The molecule has 3 heteroatoms. The minimum Gasteiger partial charge on any atom is -0.336 e. The molecule has 0 N–H and O–H groups in total. The van der Waals surface area contributed by atoms with Crippen molar-refractivity contribution in [2.45, 2.75) is 26.3 Å². The van der Waals surface area contributed by atoms with E-state index in [1.165, 1.54) is 62.8 Å². The molecule has 0 aliphatic rings. The largest absolute Gasteiger partial charge is 0.336 e. The molecule has 0 saturated heterocycles. The molecule has 2 heterocycles. The van der Waals surface area contributed by atoms with Crippen molar-refractivity contribution in [3.63, 3.8) is 0 Å². The zero-order chi connectivity index (χ0) is 25.1. The van der Waals surface area contributed by atoms with Crippen LogP contribution in [-0.4, -0.2) is 5.54 Å². The lowest BCUT2D eigenvalue weighted by molar-refractivity contribution is 0.561. The number of rotatable bonds is 3. The molecule has 1 nitrogen and oxygen atoms in total. The highest BCUT2D eigenvalue weighted by Gasteiger charge is 2.26. The number of benzene rings is 5. The summed E-state index contributed by atoms with van der Waals surface area (Å²) in [5.41, 5.74) is 4.91. The number of nitrogens with zero attached hydrogens (tertiary/aromatic N) is 1. The van der Waals surface area contributed by atoms with E-state index in [9.17, 15) is 0 Å². The van der Waals surface area contributed by atoms with E-state index in [0.29, 0.717) is 0 Å². The van der Waals surface area contributed by atoms with E-state index in [1.807, 2.05) is 22.7 Å². The second-order valence-corrected chi connectivity index (χ2v) is 12.7. The normalized spacial score (nSPS) is 12.2. The number of hydrogen-bond donors (Lipinski definition) is 0. The van der Waals surface area contributed by atoms with Gasteiger partial charge >= 0.3 is 0 Å². The maximum atomic E-state index is 2.52. The Hall–Kier alpha value is -3.66. The van der Waals surface area contributed by atoms with Crippen molar-refractivity contribution in [1.29, 1.82) is 0 Å². The van der Waals surface area contributed by atoms with Gasteiger partial charge in [0.15, 0.2) is 0 Å². The highest BCUT2D eigenvalue weighted by atomic mass is 32.1.